The van der Waals surface area contributed by atoms with E-state index in [0.717, 1.165) is 36.8 Å². The molecule has 1 fully saturated rings. The fourth-order valence-corrected chi connectivity index (χ4v) is 5.84. The Balaban J connectivity index is 1.61. The summed E-state index contributed by atoms with van der Waals surface area (Å²) >= 11 is 0. The van der Waals surface area contributed by atoms with Crippen molar-refractivity contribution in [3.63, 3.8) is 0 Å². The number of carbonyl (C=O) groups is 3. The van der Waals surface area contributed by atoms with Crippen molar-refractivity contribution in [2.24, 2.45) is 11.8 Å². The highest BCUT2D eigenvalue weighted by Gasteiger charge is 2.37. The molecule has 2 amide bonds. The first kappa shape index (κ1) is 30.5. The first-order valence-electron chi connectivity index (χ1n) is 14.6. The first-order chi connectivity index (χ1) is 19.9. The third-order valence-electron chi connectivity index (χ3n) is 8.15. The molecule has 4 rings (SSSR count). The molecule has 0 aromatic heterocycles. The molecule has 8 nitrogen and oxygen atoms in total. The lowest BCUT2D eigenvalue weighted by atomic mass is 9.92. The molecule has 1 aliphatic carbocycles. The zero-order chi connectivity index (χ0) is 29.1. The van der Waals surface area contributed by atoms with Crippen LogP contribution in [0.3, 0.4) is 0 Å². The molecule has 3 N–H and O–H groups in total. The molecule has 2 aliphatic rings. The van der Waals surface area contributed by atoms with Crippen LogP contribution in [0.4, 0.5) is 0 Å². The minimum absolute atomic E-state index is 0.0130. The maximum Gasteiger partial charge on any atom is 0.310 e. The highest BCUT2D eigenvalue weighted by molar-refractivity contribution is 5.86. The van der Waals surface area contributed by atoms with Crippen LogP contribution in [0.15, 0.2) is 72.8 Å². The number of benzene rings is 2. The summed E-state index contributed by atoms with van der Waals surface area (Å²) in [6.07, 6.45) is 7.66. The van der Waals surface area contributed by atoms with E-state index in [1.807, 2.05) is 72.8 Å². The molecule has 4 atom stereocenters. The monoisotopic (exact) mass is 562 g/mol. The average molecular weight is 563 g/mol. The lowest BCUT2D eigenvalue weighted by Crippen LogP contribution is -2.51. The van der Waals surface area contributed by atoms with E-state index in [4.69, 9.17) is 9.47 Å². The SMILES string of the molecule is COC[C@@H]1NC(=O)[C@@H](CC(=O)NC2(CO)CCCC2)CC=CC[C@@H](Cc2ccccc2)C(=O)O[C@H]1c1ccccc1. The molecule has 0 radical (unpaired) electrons. The Labute approximate surface area is 242 Å². The smallest absolute Gasteiger partial charge is 0.310 e. The Morgan fingerprint density at radius 2 is 1.63 bits per heavy atom. The van der Waals surface area contributed by atoms with Gasteiger partial charge in [0.15, 0.2) is 0 Å². The number of allylic oxidation sites excluding steroid dienone is 2. The molecule has 2 aromatic carbocycles. The second kappa shape index (κ2) is 14.9. The molecule has 8 heteroatoms. The van der Waals surface area contributed by atoms with Crippen molar-refractivity contribution in [1.82, 2.24) is 10.6 Å². The molecule has 0 saturated heterocycles. The summed E-state index contributed by atoms with van der Waals surface area (Å²) in [5.41, 5.74) is 1.17. The normalized spacial score (nSPS) is 24.9. The van der Waals surface area contributed by atoms with E-state index in [2.05, 4.69) is 10.6 Å². The van der Waals surface area contributed by atoms with E-state index < -0.39 is 29.5 Å². The average Bonchev–Trinajstić information content (AvgIpc) is 3.45. The van der Waals surface area contributed by atoms with Crippen molar-refractivity contribution in [2.45, 2.75) is 69.1 Å². The van der Waals surface area contributed by atoms with Crippen LogP contribution in [0.2, 0.25) is 0 Å². The zero-order valence-electron chi connectivity index (χ0n) is 23.8. The van der Waals surface area contributed by atoms with Crippen LogP contribution in [0.1, 0.15) is 62.2 Å². The number of aliphatic hydroxyl groups is 1. The summed E-state index contributed by atoms with van der Waals surface area (Å²) in [6, 6.07) is 18.5. The minimum atomic E-state index is -0.778. The summed E-state index contributed by atoms with van der Waals surface area (Å²) in [5.74, 6) is -1.97. The second-order valence-electron chi connectivity index (χ2n) is 11.3. The van der Waals surface area contributed by atoms with Gasteiger partial charge in [0.05, 0.1) is 36.6 Å². The molecular formula is C33H42N2O6. The van der Waals surface area contributed by atoms with Gasteiger partial charge in [-0.05, 0) is 43.2 Å². The lowest BCUT2D eigenvalue weighted by Gasteiger charge is -2.31. The van der Waals surface area contributed by atoms with Crippen molar-refractivity contribution in [3.8, 4) is 0 Å². The summed E-state index contributed by atoms with van der Waals surface area (Å²) < 4.78 is 11.6. The van der Waals surface area contributed by atoms with E-state index in [9.17, 15) is 19.5 Å². The zero-order valence-corrected chi connectivity index (χ0v) is 23.8. The molecule has 0 bridgehead atoms. The van der Waals surface area contributed by atoms with Gasteiger partial charge in [-0.1, -0.05) is 85.7 Å². The number of nitrogens with one attached hydrogen (secondary N) is 2. The van der Waals surface area contributed by atoms with Crippen LogP contribution >= 0.6 is 0 Å². The van der Waals surface area contributed by atoms with Gasteiger partial charge in [0.1, 0.15) is 6.10 Å². The molecular weight excluding hydrogens is 520 g/mol. The van der Waals surface area contributed by atoms with Gasteiger partial charge in [0, 0.05) is 13.5 Å². The number of esters is 1. The van der Waals surface area contributed by atoms with Crippen molar-refractivity contribution in [1.29, 1.82) is 0 Å². The molecule has 1 saturated carbocycles. The van der Waals surface area contributed by atoms with Gasteiger partial charge in [0.2, 0.25) is 11.8 Å². The van der Waals surface area contributed by atoms with Crippen molar-refractivity contribution in [2.75, 3.05) is 20.3 Å². The summed E-state index contributed by atoms with van der Waals surface area (Å²) in [4.78, 5) is 40.4. The number of amides is 2. The molecule has 220 valence electrons. The Bertz CT molecular complexity index is 1160. The van der Waals surface area contributed by atoms with Crippen molar-refractivity contribution in [3.05, 3.63) is 83.9 Å². The van der Waals surface area contributed by atoms with Crippen LogP contribution in [-0.4, -0.2) is 54.8 Å². The van der Waals surface area contributed by atoms with Gasteiger partial charge in [-0.2, -0.15) is 0 Å². The summed E-state index contributed by atoms with van der Waals surface area (Å²) in [5, 5.41) is 16.0. The van der Waals surface area contributed by atoms with Crippen LogP contribution in [0.5, 0.6) is 0 Å². The molecule has 1 aliphatic heterocycles. The van der Waals surface area contributed by atoms with E-state index in [-0.39, 0.29) is 37.4 Å². The quantitative estimate of drug-likeness (QED) is 0.314. The Hall–Kier alpha value is -3.49. The standard InChI is InChI=1S/C33H42N2O6/c1-40-22-28-30(25-14-6-3-7-15-25)41-32(39)27(20-24-12-4-2-5-13-24)17-9-8-16-26(31(38)34-28)21-29(37)35-33(23-36)18-10-11-19-33/h2-9,12-15,26-28,30,36H,10-11,16-23H2,1H3,(H,34,38)(H,35,37)/t26-,27+,28+,30+/m1/s1. The predicted octanol–water partition coefficient (Wildman–Crippen LogP) is 4.04. The molecule has 1 heterocycles. The van der Waals surface area contributed by atoms with Crippen molar-refractivity contribution >= 4 is 17.8 Å². The highest BCUT2D eigenvalue weighted by Crippen LogP contribution is 2.30. The van der Waals surface area contributed by atoms with Gasteiger partial charge in [-0.3, -0.25) is 14.4 Å². The Morgan fingerprint density at radius 3 is 2.27 bits per heavy atom. The maximum atomic E-state index is 13.6. The van der Waals surface area contributed by atoms with E-state index in [1.54, 1.807) is 0 Å². The van der Waals surface area contributed by atoms with E-state index in [0.29, 0.717) is 19.3 Å². The maximum absolute atomic E-state index is 13.6. The highest BCUT2D eigenvalue weighted by atomic mass is 16.5. The third kappa shape index (κ3) is 8.50. The fourth-order valence-electron chi connectivity index (χ4n) is 5.84. The van der Waals surface area contributed by atoms with Crippen LogP contribution in [-0.2, 0) is 30.3 Å². The number of hydrogen-bond acceptors (Lipinski definition) is 6. The second-order valence-corrected chi connectivity index (χ2v) is 11.3. The fraction of sp³-hybridized carbons (Fsp3) is 0.485. The molecule has 0 spiro atoms. The molecule has 2 aromatic rings. The number of ether oxygens (including phenoxy) is 2. The summed E-state index contributed by atoms with van der Waals surface area (Å²) in [6.45, 7) is 0.00264. The largest absolute Gasteiger partial charge is 0.455 e. The number of aliphatic hydroxyl groups excluding tert-OH is 1. The number of cyclic esters (lactones) is 1. The minimum Gasteiger partial charge on any atom is -0.455 e. The van der Waals surface area contributed by atoms with Crippen molar-refractivity contribution < 1.29 is 29.0 Å². The van der Waals surface area contributed by atoms with Gasteiger partial charge < -0.3 is 25.2 Å². The molecule has 41 heavy (non-hydrogen) atoms. The summed E-state index contributed by atoms with van der Waals surface area (Å²) in [7, 11) is 1.54. The van der Waals surface area contributed by atoms with Crippen LogP contribution in [0, 0.1) is 11.8 Å². The Kier molecular flexibility index (Phi) is 11.1. The van der Waals surface area contributed by atoms with Gasteiger partial charge in [-0.15, -0.1) is 0 Å². The molecule has 0 unspecified atom stereocenters. The number of hydrogen-bond donors (Lipinski definition) is 3. The topological polar surface area (TPSA) is 114 Å². The number of rotatable bonds is 9. The Morgan fingerprint density at radius 1 is 1.00 bits per heavy atom. The van der Waals surface area contributed by atoms with Crippen LogP contribution in [0.25, 0.3) is 0 Å². The number of methoxy groups -OCH3 is 1. The first-order valence-corrected chi connectivity index (χ1v) is 14.6. The predicted molar refractivity (Wildman–Crippen MR) is 156 cm³/mol. The number of carbonyl (C=O) groups excluding carboxylic acids is 3. The van der Waals surface area contributed by atoms with Gasteiger partial charge in [0.25, 0.3) is 0 Å². The van der Waals surface area contributed by atoms with E-state index >= 15 is 0 Å². The third-order valence-corrected chi connectivity index (χ3v) is 8.15. The van der Waals surface area contributed by atoms with Crippen LogP contribution < -0.4 is 10.6 Å². The lowest BCUT2D eigenvalue weighted by molar-refractivity contribution is -0.158. The van der Waals surface area contributed by atoms with Gasteiger partial charge >= 0.3 is 5.97 Å². The van der Waals surface area contributed by atoms with Gasteiger partial charge in [-0.25, -0.2) is 0 Å². The van der Waals surface area contributed by atoms with E-state index in [1.165, 1.54) is 7.11 Å².